The number of nitrogens with zero attached hydrogens (tertiary/aromatic N) is 1. The molecule has 4 amide bonds. The summed E-state index contributed by atoms with van der Waals surface area (Å²) in [5, 5.41) is 2.58. The van der Waals surface area contributed by atoms with Crippen LogP contribution in [-0.2, 0) is 14.4 Å². The Morgan fingerprint density at radius 3 is 2.43 bits per heavy atom. The van der Waals surface area contributed by atoms with Crippen LogP contribution in [0.2, 0.25) is 5.02 Å². The molecule has 186 valence electrons. The lowest BCUT2D eigenvalue weighted by molar-refractivity contribution is -0.129. The molecule has 1 saturated heterocycles. The molecule has 1 N–H and O–H groups in total. The number of anilines is 1. The highest BCUT2D eigenvalue weighted by atomic mass is 79.9. The Hall–Kier alpha value is -3.60. The van der Waals surface area contributed by atoms with Crippen molar-refractivity contribution in [3.8, 4) is 5.75 Å². The number of halogens is 4. The summed E-state index contributed by atoms with van der Waals surface area (Å²) in [4.78, 5) is 51.2. The van der Waals surface area contributed by atoms with Crippen molar-refractivity contribution in [2.45, 2.75) is 0 Å². The first-order chi connectivity index (χ1) is 17.6. The number of para-hydroxylation sites is 1. The number of imide groups is 2. The van der Waals surface area contributed by atoms with Gasteiger partial charge in [-0.15, -0.1) is 0 Å². The number of carbonyl (C=O) groups is 4. The number of carbonyl (C=O) groups excluding carboxylic acids is 4. The second kappa shape index (κ2) is 11.2. The molecule has 37 heavy (non-hydrogen) atoms. The molecule has 0 saturated carbocycles. The van der Waals surface area contributed by atoms with E-state index >= 15 is 0 Å². The van der Waals surface area contributed by atoms with Crippen LogP contribution in [0.5, 0.6) is 5.75 Å². The van der Waals surface area contributed by atoms with Crippen molar-refractivity contribution >= 4 is 85.1 Å². The van der Waals surface area contributed by atoms with Crippen LogP contribution in [0.25, 0.3) is 12.2 Å². The molecule has 0 unspecified atom stereocenters. The van der Waals surface area contributed by atoms with Gasteiger partial charge >= 0.3 is 12.0 Å². The van der Waals surface area contributed by atoms with Gasteiger partial charge in [0.2, 0.25) is 0 Å². The highest BCUT2D eigenvalue weighted by Gasteiger charge is 2.38. The fourth-order valence-corrected chi connectivity index (χ4v) is 4.80. The number of amides is 4. The van der Waals surface area contributed by atoms with Crippen molar-refractivity contribution in [2.24, 2.45) is 0 Å². The standard InChI is InChI=1S/C26H14Br2ClFN2O5/c27-16-11-15(23(19(28)13-16)37-22(33)10-7-14-5-8-17(29)9-6-14)12-18-24(34)31-26(36)32(25(18)35)21-4-2-1-3-20(21)30/h1-13H,(H,31,34,36)/b10-7+,18-12-. The highest BCUT2D eigenvalue weighted by Crippen LogP contribution is 2.35. The number of urea groups is 1. The second-order valence-electron chi connectivity index (χ2n) is 7.52. The van der Waals surface area contributed by atoms with Crippen molar-refractivity contribution in [1.82, 2.24) is 5.32 Å². The Morgan fingerprint density at radius 1 is 1.03 bits per heavy atom. The lowest BCUT2D eigenvalue weighted by atomic mass is 10.1. The smallest absolute Gasteiger partial charge is 0.336 e. The zero-order valence-electron chi connectivity index (χ0n) is 18.5. The van der Waals surface area contributed by atoms with E-state index in [9.17, 15) is 23.6 Å². The van der Waals surface area contributed by atoms with Crippen molar-refractivity contribution in [1.29, 1.82) is 0 Å². The minimum absolute atomic E-state index is 0.0106. The number of rotatable bonds is 5. The van der Waals surface area contributed by atoms with Gasteiger partial charge in [-0.1, -0.05) is 51.8 Å². The Bertz CT molecular complexity index is 1510. The van der Waals surface area contributed by atoms with Gasteiger partial charge in [0, 0.05) is 21.1 Å². The lowest BCUT2D eigenvalue weighted by Gasteiger charge is -2.26. The van der Waals surface area contributed by atoms with Gasteiger partial charge in [0.25, 0.3) is 11.8 Å². The number of hydrogen-bond acceptors (Lipinski definition) is 5. The van der Waals surface area contributed by atoms with Gasteiger partial charge in [-0.2, -0.15) is 0 Å². The lowest BCUT2D eigenvalue weighted by Crippen LogP contribution is -2.54. The maximum atomic E-state index is 14.3. The first-order valence-corrected chi connectivity index (χ1v) is 12.4. The summed E-state index contributed by atoms with van der Waals surface area (Å²) in [5.74, 6) is -3.59. The zero-order chi connectivity index (χ0) is 26.7. The number of benzene rings is 3. The molecule has 3 aromatic rings. The van der Waals surface area contributed by atoms with E-state index in [2.05, 4.69) is 31.9 Å². The Morgan fingerprint density at radius 2 is 1.73 bits per heavy atom. The summed E-state index contributed by atoms with van der Waals surface area (Å²) in [6.45, 7) is 0. The average molecular weight is 649 g/mol. The summed E-state index contributed by atoms with van der Waals surface area (Å²) in [7, 11) is 0. The molecule has 0 aromatic heterocycles. The molecule has 0 radical (unpaired) electrons. The van der Waals surface area contributed by atoms with Crippen LogP contribution in [0.3, 0.4) is 0 Å². The van der Waals surface area contributed by atoms with E-state index in [1.54, 1.807) is 30.3 Å². The van der Waals surface area contributed by atoms with Gasteiger partial charge in [-0.05, 0) is 70.0 Å². The normalized spacial score (nSPS) is 14.9. The van der Waals surface area contributed by atoms with Crippen molar-refractivity contribution in [3.63, 3.8) is 0 Å². The SMILES string of the molecule is O=C(/C=C/c1ccc(Cl)cc1)Oc1c(Br)cc(Br)cc1/C=C1/C(=O)NC(=O)N(c2ccccc2F)C1=O. The van der Waals surface area contributed by atoms with E-state index < -0.39 is 35.2 Å². The molecule has 1 fully saturated rings. The fraction of sp³-hybridized carbons (Fsp3) is 0. The zero-order valence-corrected chi connectivity index (χ0v) is 22.4. The third-order valence-electron chi connectivity index (χ3n) is 5.02. The summed E-state index contributed by atoms with van der Waals surface area (Å²) in [5.41, 5.74) is 0.0800. The van der Waals surface area contributed by atoms with Gasteiger partial charge in [0.05, 0.1) is 10.2 Å². The van der Waals surface area contributed by atoms with E-state index in [0.29, 0.717) is 24.4 Å². The molecule has 7 nitrogen and oxygen atoms in total. The maximum Gasteiger partial charge on any atom is 0.336 e. The quantitative estimate of drug-likeness (QED) is 0.152. The van der Waals surface area contributed by atoms with E-state index in [1.807, 2.05) is 5.32 Å². The molecule has 1 aliphatic rings. The monoisotopic (exact) mass is 646 g/mol. The van der Waals surface area contributed by atoms with Crippen LogP contribution in [-0.4, -0.2) is 23.8 Å². The predicted molar refractivity (Wildman–Crippen MR) is 143 cm³/mol. The summed E-state index contributed by atoms with van der Waals surface area (Å²) in [6, 6.07) is 13.9. The van der Waals surface area contributed by atoms with Crippen LogP contribution >= 0.6 is 43.5 Å². The molecular formula is C26H14Br2ClFN2O5. The maximum absolute atomic E-state index is 14.3. The van der Waals surface area contributed by atoms with Gasteiger partial charge in [-0.25, -0.2) is 18.9 Å². The minimum Gasteiger partial charge on any atom is -0.422 e. The van der Waals surface area contributed by atoms with Crippen molar-refractivity contribution in [2.75, 3.05) is 4.90 Å². The molecule has 11 heteroatoms. The van der Waals surface area contributed by atoms with Gasteiger partial charge in [-0.3, -0.25) is 14.9 Å². The number of nitrogens with one attached hydrogen (secondary N) is 1. The topological polar surface area (TPSA) is 92.8 Å². The summed E-state index contributed by atoms with van der Waals surface area (Å²) in [6.07, 6.45) is 3.88. The first-order valence-electron chi connectivity index (χ1n) is 10.4. The van der Waals surface area contributed by atoms with E-state index in [0.717, 1.165) is 12.1 Å². The average Bonchev–Trinajstić information content (AvgIpc) is 2.84. The van der Waals surface area contributed by atoms with Crippen LogP contribution < -0.4 is 15.0 Å². The van der Waals surface area contributed by atoms with E-state index in [-0.39, 0.29) is 17.0 Å². The molecule has 0 bridgehead atoms. The first kappa shape index (κ1) is 26.5. The molecule has 1 heterocycles. The molecule has 4 rings (SSSR count). The molecule has 0 spiro atoms. The Kier molecular flexibility index (Phi) is 8.01. The second-order valence-corrected chi connectivity index (χ2v) is 9.73. The summed E-state index contributed by atoms with van der Waals surface area (Å²) >= 11 is 12.5. The van der Waals surface area contributed by atoms with E-state index in [4.69, 9.17) is 16.3 Å². The number of ether oxygens (including phenoxy) is 1. The van der Waals surface area contributed by atoms with Crippen LogP contribution in [0.4, 0.5) is 14.9 Å². The van der Waals surface area contributed by atoms with Crippen LogP contribution in [0, 0.1) is 5.82 Å². The minimum atomic E-state index is -1.09. The third-order valence-corrected chi connectivity index (χ3v) is 6.32. The van der Waals surface area contributed by atoms with Crippen LogP contribution in [0.1, 0.15) is 11.1 Å². The molecule has 0 atom stereocenters. The van der Waals surface area contributed by atoms with Gasteiger partial charge in [0.15, 0.2) is 5.75 Å². The largest absolute Gasteiger partial charge is 0.422 e. The number of hydrogen-bond donors (Lipinski definition) is 1. The fourth-order valence-electron chi connectivity index (χ4n) is 3.33. The third kappa shape index (κ3) is 6.04. The summed E-state index contributed by atoms with van der Waals surface area (Å²) < 4.78 is 20.7. The molecule has 1 aliphatic heterocycles. The van der Waals surface area contributed by atoms with Crippen molar-refractivity contribution < 1.29 is 28.3 Å². The Balaban J connectivity index is 1.69. The molecular weight excluding hydrogens is 635 g/mol. The predicted octanol–water partition coefficient (Wildman–Crippen LogP) is 6.29. The van der Waals surface area contributed by atoms with Crippen LogP contribution in [0.15, 0.2) is 81.3 Å². The number of esters is 1. The van der Waals surface area contributed by atoms with Crippen molar-refractivity contribution in [3.05, 3.63) is 103 Å². The molecule has 3 aromatic carbocycles. The van der Waals surface area contributed by atoms with Gasteiger partial charge < -0.3 is 4.74 Å². The Labute approximate surface area is 231 Å². The number of barbiturate groups is 1. The highest BCUT2D eigenvalue weighted by molar-refractivity contribution is 9.11. The van der Waals surface area contributed by atoms with E-state index in [1.165, 1.54) is 36.4 Å². The molecule has 0 aliphatic carbocycles. The van der Waals surface area contributed by atoms with Gasteiger partial charge in [0.1, 0.15) is 11.4 Å².